The molecular formula is C13H22S2. The summed E-state index contributed by atoms with van der Waals surface area (Å²) in [6.07, 6.45) is 8.61. The Hall–Kier alpha value is 0.180. The van der Waals surface area contributed by atoms with Gasteiger partial charge in [0, 0.05) is 0 Å². The van der Waals surface area contributed by atoms with Gasteiger partial charge in [-0.25, -0.2) is 0 Å². The van der Waals surface area contributed by atoms with E-state index >= 15 is 0 Å². The van der Waals surface area contributed by atoms with E-state index in [9.17, 15) is 0 Å². The van der Waals surface area contributed by atoms with Crippen LogP contribution in [0.15, 0.2) is 23.3 Å². The van der Waals surface area contributed by atoms with Gasteiger partial charge in [-0.2, -0.15) is 0 Å². The first-order valence-corrected chi connectivity index (χ1v) is 7.82. The Labute approximate surface area is 103 Å². The van der Waals surface area contributed by atoms with Crippen molar-refractivity contribution in [1.82, 2.24) is 0 Å². The monoisotopic (exact) mass is 242 g/mol. The van der Waals surface area contributed by atoms with Gasteiger partial charge in [0.15, 0.2) is 0 Å². The molecule has 0 unspecified atom stereocenters. The average Bonchev–Trinajstić information content (AvgIpc) is 2.18. The first kappa shape index (κ1) is 13.2. The molecule has 0 spiro atoms. The second-order valence-electron chi connectivity index (χ2n) is 4.30. The fourth-order valence-corrected chi connectivity index (χ4v) is 4.40. The van der Waals surface area contributed by atoms with Crippen molar-refractivity contribution in [2.24, 2.45) is 0 Å². The van der Waals surface area contributed by atoms with E-state index in [0.717, 1.165) is 4.58 Å². The van der Waals surface area contributed by atoms with Crippen molar-refractivity contribution in [3.8, 4) is 0 Å². The molecule has 86 valence electrons. The second kappa shape index (κ2) is 7.45. The first-order chi connectivity index (χ1) is 7.18. The fourth-order valence-electron chi connectivity index (χ4n) is 1.51. The molecule has 0 aromatic carbocycles. The lowest BCUT2D eigenvalue weighted by Crippen LogP contribution is -2.04. The summed E-state index contributed by atoms with van der Waals surface area (Å²) in [5.74, 6) is 2.69. The molecule has 0 bridgehead atoms. The predicted octanol–water partition coefficient (Wildman–Crippen LogP) is 4.88. The van der Waals surface area contributed by atoms with Gasteiger partial charge in [-0.3, -0.25) is 0 Å². The second-order valence-corrected chi connectivity index (χ2v) is 7.09. The molecule has 0 saturated carbocycles. The summed E-state index contributed by atoms with van der Waals surface area (Å²) in [5.41, 5.74) is 2.99. The highest BCUT2D eigenvalue weighted by atomic mass is 32.2. The van der Waals surface area contributed by atoms with Crippen LogP contribution in [0.4, 0.5) is 0 Å². The van der Waals surface area contributed by atoms with Gasteiger partial charge in [-0.1, -0.05) is 23.3 Å². The zero-order valence-electron chi connectivity index (χ0n) is 10.1. The van der Waals surface area contributed by atoms with Gasteiger partial charge in [0.25, 0.3) is 0 Å². The lowest BCUT2D eigenvalue weighted by atomic mass is 10.1. The Morgan fingerprint density at radius 1 is 1.20 bits per heavy atom. The molecule has 1 aliphatic heterocycles. The van der Waals surface area contributed by atoms with Gasteiger partial charge in [0.1, 0.15) is 0 Å². The van der Waals surface area contributed by atoms with Crippen LogP contribution in [0.5, 0.6) is 0 Å². The maximum atomic E-state index is 2.47. The van der Waals surface area contributed by atoms with Crippen LogP contribution >= 0.6 is 23.5 Å². The highest BCUT2D eigenvalue weighted by Gasteiger charge is 2.11. The zero-order chi connectivity index (χ0) is 11.1. The van der Waals surface area contributed by atoms with E-state index in [1.54, 1.807) is 5.57 Å². The summed E-state index contributed by atoms with van der Waals surface area (Å²) in [4.78, 5) is 0. The van der Waals surface area contributed by atoms with Gasteiger partial charge in [-0.05, 0) is 51.5 Å². The topological polar surface area (TPSA) is 0 Å². The lowest BCUT2D eigenvalue weighted by Gasteiger charge is -2.18. The largest absolute Gasteiger partial charge is 0.143 e. The molecule has 0 aromatic heterocycles. The minimum Gasteiger partial charge on any atom is -0.143 e. The Morgan fingerprint density at radius 2 is 1.87 bits per heavy atom. The van der Waals surface area contributed by atoms with Gasteiger partial charge in [0.05, 0.1) is 4.58 Å². The first-order valence-electron chi connectivity index (χ1n) is 5.72. The van der Waals surface area contributed by atoms with Gasteiger partial charge < -0.3 is 0 Å². The summed E-state index contributed by atoms with van der Waals surface area (Å²) < 4.78 is 0.727. The average molecular weight is 242 g/mol. The number of rotatable bonds is 4. The maximum Gasteiger partial charge on any atom is 0.0684 e. The van der Waals surface area contributed by atoms with Crippen molar-refractivity contribution in [1.29, 1.82) is 0 Å². The van der Waals surface area contributed by atoms with Gasteiger partial charge in [0.2, 0.25) is 0 Å². The molecular weight excluding hydrogens is 220 g/mol. The predicted molar refractivity (Wildman–Crippen MR) is 75.7 cm³/mol. The van der Waals surface area contributed by atoms with Crippen LogP contribution < -0.4 is 0 Å². The molecule has 0 N–H and O–H groups in total. The van der Waals surface area contributed by atoms with Crippen LogP contribution in [0, 0.1) is 0 Å². The SMILES string of the molecule is CC(C)=CCC/C(C)=C/C1SCCCS1. The number of allylic oxidation sites excluding steroid dienone is 3. The summed E-state index contributed by atoms with van der Waals surface area (Å²) in [7, 11) is 0. The third-order valence-electron chi connectivity index (χ3n) is 2.36. The summed E-state index contributed by atoms with van der Waals surface area (Å²) in [6, 6.07) is 0. The smallest absolute Gasteiger partial charge is 0.0684 e. The van der Waals surface area contributed by atoms with E-state index in [1.165, 1.54) is 36.3 Å². The molecule has 0 radical (unpaired) electrons. The normalized spacial score (nSPS) is 19.0. The quantitative estimate of drug-likeness (QED) is 0.645. The van der Waals surface area contributed by atoms with Crippen LogP contribution in [-0.4, -0.2) is 16.1 Å². The van der Waals surface area contributed by atoms with Crippen LogP contribution in [0.2, 0.25) is 0 Å². The van der Waals surface area contributed by atoms with E-state index in [4.69, 9.17) is 0 Å². The zero-order valence-corrected chi connectivity index (χ0v) is 11.7. The van der Waals surface area contributed by atoms with E-state index in [2.05, 4.69) is 56.4 Å². The molecule has 0 nitrogen and oxygen atoms in total. The van der Waals surface area contributed by atoms with E-state index in [1.807, 2.05) is 0 Å². The molecule has 15 heavy (non-hydrogen) atoms. The Balaban J connectivity index is 2.28. The molecule has 0 atom stereocenters. The third kappa shape index (κ3) is 6.36. The third-order valence-corrected chi connectivity index (χ3v) is 5.16. The van der Waals surface area contributed by atoms with Crippen molar-refractivity contribution in [2.45, 2.75) is 44.6 Å². The van der Waals surface area contributed by atoms with Gasteiger partial charge in [-0.15, -0.1) is 23.5 Å². The standard InChI is InChI=1S/C13H22S2/c1-11(2)6-4-7-12(3)10-13-14-8-5-9-15-13/h6,10,13H,4-5,7-9H2,1-3H3/b12-10+. The molecule has 0 aliphatic carbocycles. The van der Waals surface area contributed by atoms with Crippen molar-refractivity contribution in [3.05, 3.63) is 23.3 Å². The van der Waals surface area contributed by atoms with E-state index in [0.29, 0.717) is 0 Å². The highest BCUT2D eigenvalue weighted by molar-refractivity contribution is 8.17. The minimum atomic E-state index is 0.727. The maximum absolute atomic E-state index is 2.47. The molecule has 1 heterocycles. The number of hydrogen-bond acceptors (Lipinski definition) is 2. The van der Waals surface area contributed by atoms with Crippen molar-refractivity contribution >= 4 is 23.5 Å². The van der Waals surface area contributed by atoms with Gasteiger partial charge >= 0.3 is 0 Å². The molecule has 0 aromatic rings. The Bertz CT molecular complexity index is 231. The van der Waals surface area contributed by atoms with Crippen LogP contribution in [0.3, 0.4) is 0 Å². The van der Waals surface area contributed by atoms with Crippen molar-refractivity contribution in [2.75, 3.05) is 11.5 Å². The van der Waals surface area contributed by atoms with E-state index < -0.39 is 0 Å². The molecule has 2 heteroatoms. The molecule has 1 aliphatic rings. The Morgan fingerprint density at radius 3 is 2.47 bits per heavy atom. The van der Waals surface area contributed by atoms with Crippen LogP contribution in [0.1, 0.15) is 40.0 Å². The molecule has 1 rings (SSSR count). The fraction of sp³-hybridized carbons (Fsp3) is 0.692. The molecule has 1 fully saturated rings. The molecule has 0 amide bonds. The Kier molecular flexibility index (Phi) is 6.58. The van der Waals surface area contributed by atoms with E-state index in [-0.39, 0.29) is 0 Å². The summed E-state index contributed by atoms with van der Waals surface area (Å²) in [6.45, 7) is 6.62. The summed E-state index contributed by atoms with van der Waals surface area (Å²) >= 11 is 4.20. The minimum absolute atomic E-state index is 0.727. The molecule has 1 saturated heterocycles. The number of thioether (sulfide) groups is 2. The van der Waals surface area contributed by atoms with Crippen LogP contribution in [-0.2, 0) is 0 Å². The number of hydrogen-bond donors (Lipinski definition) is 0. The summed E-state index contributed by atoms with van der Waals surface area (Å²) in [5, 5.41) is 0. The van der Waals surface area contributed by atoms with Crippen LogP contribution in [0.25, 0.3) is 0 Å². The highest BCUT2D eigenvalue weighted by Crippen LogP contribution is 2.32. The lowest BCUT2D eigenvalue weighted by molar-refractivity contribution is 0.962. The van der Waals surface area contributed by atoms with Crippen molar-refractivity contribution in [3.63, 3.8) is 0 Å². The van der Waals surface area contributed by atoms with Crippen molar-refractivity contribution < 1.29 is 0 Å².